The summed E-state index contributed by atoms with van der Waals surface area (Å²) in [5.41, 5.74) is 1.34. The van der Waals surface area contributed by atoms with Crippen LogP contribution in [-0.2, 0) is 35.5 Å². The Hall–Kier alpha value is -2.77. The maximum Gasteiger partial charge on any atom is 0.249 e. The van der Waals surface area contributed by atoms with Crippen LogP contribution in [0.4, 0.5) is 0 Å². The molecule has 0 aliphatic carbocycles. The number of aromatic nitrogens is 3. The fourth-order valence-corrected chi connectivity index (χ4v) is 4.56. The van der Waals surface area contributed by atoms with Crippen LogP contribution in [-0.4, -0.2) is 57.9 Å². The predicted molar refractivity (Wildman–Crippen MR) is 119 cm³/mol. The summed E-state index contributed by atoms with van der Waals surface area (Å²) in [6.45, 7) is 5.01. The number of hydrogen-bond donors (Lipinski definition) is 1. The highest BCUT2D eigenvalue weighted by molar-refractivity contribution is 5.83. The number of ether oxygens (including phenoxy) is 1. The van der Waals surface area contributed by atoms with Gasteiger partial charge >= 0.3 is 0 Å². The first-order valence-electron chi connectivity index (χ1n) is 11.3. The van der Waals surface area contributed by atoms with Gasteiger partial charge in [-0.3, -0.25) is 9.69 Å². The smallest absolute Gasteiger partial charge is 0.249 e. The van der Waals surface area contributed by atoms with Gasteiger partial charge in [0.15, 0.2) is 0 Å². The first-order valence-corrected chi connectivity index (χ1v) is 11.3. The molecular weight excluding hydrogens is 390 g/mol. The molecule has 7 nitrogen and oxygen atoms in total. The van der Waals surface area contributed by atoms with E-state index >= 15 is 0 Å². The van der Waals surface area contributed by atoms with Crippen molar-refractivity contribution >= 4 is 16.7 Å². The molecule has 0 radical (unpaired) electrons. The molecule has 1 unspecified atom stereocenters. The Labute approximate surface area is 182 Å². The maximum absolute atomic E-state index is 12.1. The van der Waals surface area contributed by atoms with Crippen molar-refractivity contribution in [1.29, 1.82) is 0 Å². The summed E-state index contributed by atoms with van der Waals surface area (Å²) in [6.07, 6.45) is 3.09. The molecule has 1 N–H and O–H groups in total. The van der Waals surface area contributed by atoms with Crippen molar-refractivity contribution in [2.45, 2.75) is 44.9 Å². The number of carbonyl (C=O) groups is 1. The predicted octanol–water partition coefficient (Wildman–Crippen LogP) is 2.33. The third-order valence-electron chi connectivity index (χ3n) is 6.29. The molecule has 1 saturated heterocycles. The van der Waals surface area contributed by atoms with Crippen molar-refractivity contribution in [3.05, 3.63) is 59.7 Å². The van der Waals surface area contributed by atoms with Crippen molar-refractivity contribution < 1.29 is 9.53 Å². The third kappa shape index (κ3) is 4.62. The van der Waals surface area contributed by atoms with Crippen LogP contribution in [0.5, 0.6) is 0 Å². The van der Waals surface area contributed by atoms with Crippen LogP contribution in [0.25, 0.3) is 10.8 Å². The minimum Gasteiger partial charge on any atom is -0.368 e. The Morgan fingerprint density at radius 3 is 2.87 bits per heavy atom. The first-order chi connectivity index (χ1) is 15.3. The lowest BCUT2D eigenvalue weighted by Crippen LogP contribution is -2.35. The van der Waals surface area contributed by atoms with E-state index in [0.29, 0.717) is 19.6 Å². The van der Waals surface area contributed by atoms with Gasteiger partial charge in [-0.2, -0.15) is 0 Å². The number of carbonyl (C=O) groups excluding carboxylic acids is 1. The number of benzene rings is 2. The lowest BCUT2D eigenvalue weighted by Gasteiger charge is -2.20. The molecule has 3 heterocycles. The summed E-state index contributed by atoms with van der Waals surface area (Å²) in [4.78, 5) is 14.6. The highest BCUT2D eigenvalue weighted by atomic mass is 16.5. The lowest BCUT2D eigenvalue weighted by atomic mass is 10.1. The Morgan fingerprint density at radius 2 is 2.00 bits per heavy atom. The average Bonchev–Trinajstić information content (AvgIpc) is 3.42. The Kier molecular flexibility index (Phi) is 5.95. The van der Waals surface area contributed by atoms with Crippen molar-refractivity contribution in [2.24, 2.45) is 0 Å². The van der Waals surface area contributed by atoms with Crippen LogP contribution >= 0.6 is 0 Å². The van der Waals surface area contributed by atoms with Crippen molar-refractivity contribution in [2.75, 3.05) is 26.2 Å². The van der Waals surface area contributed by atoms with Gasteiger partial charge in [0, 0.05) is 52.2 Å². The Balaban J connectivity index is 1.17. The zero-order chi connectivity index (χ0) is 21.0. The van der Waals surface area contributed by atoms with Gasteiger partial charge in [0.2, 0.25) is 5.91 Å². The Morgan fingerprint density at radius 1 is 1.10 bits per heavy atom. The third-order valence-corrected chi connectivity index (χ3v) is 6.29. The molecule has 0 spiro atoms. The number of fused-ring (bicyclic) bond motifs is 2. The van der Waals surface area contributed by atoms with Crippen LogP contribution in [0, 0.1) is 0 Å². The molecule has 2 aromatic carbocycles. The minimum atomic E-state index is -0.279. The molecule has 162 valence electrons. The summed E-state index contributed by atoms with van der Waals surface area (Å²) >= 11 is 0. The van der Waals surface area contributed by atoms with Gasteiger partial charge in [0.1, 0.15) is 17.8 Å². The fourth-order valence-electron chi connectivity index (χ4n) is 4.56. The largest absolute Gasteiger partial charge is 0.368 e. The van der Waals surface area contributed by atoms with Gasteiger partial charge in [-0.15, -0.1) is 10.2 Å². The second-order valence-electron chi connectivity index (χ2n) is 8.43. The van der Waals surface area contributed by atoms with Crippen molar-refractivity contribution in [3.63, 3.8) is 0 Å². The summed E-state index contributed by atoms with van der Waals surface area (Å²) in [5.74, 6) is 1.99. The second-order valence-corrected chi connectivity index (χ2v) is 8.43. The van der Waals surface area contributed by atoms with Crippen LogP contribution < -0.4 is 5.32 Å². The molecule has 7 heteroatoms. The van der Waals surface area contributed by atoms with Gasteiger partial charge in [-0.1, -0.05) is 36.4 Å². The monoisotopic (exact) mass is 419 g/mol. The van der Waals surface area contributed by atoms with E-state index in [4.69, 9.17) is 4.74 Å². The van der Waals surface area contributed by atoms with Crippen LogP contribution in [0.15, 0.2) is 42.5 Å². The van der Waals surface area contributed by atoms with E-state index in [1.807, 2.05) is 0 Å². The van der Waals surface area contributed by atoms with Crippen LogP contribution in [0.1, 0.15) is 30.1 Å². The SMILES string of the molecule is O=C(NCCc1nnc2n1CCN(Cc1ccc3ccccc3c1)CC2)C1CCCO1. The molecule has 0 saturated carbocycles. The van der Waals surface area contributed by atoms with Gasteiger partial charge in [0.05, 0.1) is 0 Å². The minimum absolute atomic E-state index is 0.00494. The first kappa shape index (κ1) is 20.2. The number of hydrogen-bond acceptors (Lipinski definition) is 5. The topological polar surface area (TPSA) is 72.3 Å². The zero-order valence-corrected chi connectivity index (χ0v) is 17.8. The van der Waals surface area contributed by atoms with E-state index in [-0.39, 0.29) is 12.0 Å². The molecule has 2 aliphatic rings. The Bertz CT molecular complexity index is 1060. The molecule has 31 heavy (non-hydrogen) atoms. The van der Waals surface area contributed by atoms with E-state index in [1.54, 1.807) is 0 Å². The zero-order valence-electron chi connectivity index (χ0n) is 17.8. The normalized spacial score (nSPS) is 19.3. The molecule has 1 amide bonds. The van der Waals surface area contributed by atoms with Gasteiger partial charge in [0.25, 0.3) is 0 Å². The van der Waals surface area contributed by atoms with E-state index in [0.717, 1.165) is 57.1 Å². The highest BCUT2D eigenvalue weighted by Gasteiger charge is 2.23. The maximum atomic E-state index is 12.1. The summed E-state index contributed by atoms with van der Waals surface area (Å²) in [7, 11) is 0. The standard InChI is InChI=1S/C24H29N5O2/c30-24(21-6-3-15-31-21)25-11-9-22-26-27-23-10-12-28(13-14-29(22)23)17-18-7-8-19-4-1-2-5-20(19)16-18/h1-2,4-5,7-8,16,21H,3,6,9-15,17H2,(H,25,30). The number of nitrogens with zero attached hydrogens (tertiary/aromatic N) is 4. The van der Waals surface area contributed by atoms with Crippen molar-refractivity contribution in [1.82, 2.24) is 25.0 Å². The summed E-state index contributed by atoms with van der Waals surface area (Å²) < 4.78 is 7.68. The molecule has 2 aliphatic heterocycles. The summed E-state index contributed by atoms with van der Waals surface area (Å²) in [6, 6.07) is 15.2. The average molecular weight is 420 g/mol. The van der Waals surface area contributed by atoms with Crippen LogP contribution in [0.2, 0.25) is 0 Å². The summed E-state index contributed by atoms with van der Waals surface area (Å²) in [5, 5.41) is 14.4. The molecule has 1 aromatic heterocycles. The van der Waals surface area contributed by atoms with E-state index in [2.05, 4.69) is 67.4 Å². The van der Waals surface area contributed by atoms with E-state index in [9.17, 15) is 4.79 Å². The van der Waals surface area contributed by atoms with E-state index in [1.165, 1.54) is 16.3 Å². The number of nitrogens with one attached hydrogen (secondary N) is 1. The number of amides is 1. The van der Waals surface area contributed by atoms with Crippen molar-refractivity contribution in [3.8, 4) is 0 Å². The molecule has 3 aromatic rings. The van der Waals surface area contributed by atoms with E-state index < -0.39 is 0 Å². The molecule has 1 fully saturated rings. The molecule has 1 atom stereocenters. The molecule has 5 rings (SSSR count). The lowest BCUT2D eigenvalue weighted by molar-refractivity contribution is -0.130. The van der Waals surface area contributed by atoms with Gasteiger partial charge in [-0.05, 0) is 35.2 Å². The second kappa shape index (κ2) is 9.16. The quantitative estimate of drug-likeness (QED) is 0.664. The fraction of sp³-hybridized carbons (Fsp3) is 0.458. The molecular formula is C24H29N5O2. The number of rotatable bonds is 6. The highest BCUT2D eigenvalue weighted by Crippen LogP contribution is 2.18. The van der Waals surface area contributed by atoms with Crippen LogP contribution in [0.3, 0.4) is 0 Å². The van der Waals surface area contributed by atoms with Gasteiger partial charge < -0.3 is 14.6 Å². The van der Waals surface area contributed by atoms with Gasteiger partial charge in [-0.25, -0.2) is 0 Å². The molecule has 0 bridgehead atoms.